The van der Waals surface area contributed by atoms with Crippen molar-refractivity contribution < 1.29 is 4.79 Å². The number of carbonyl (C=O) groups excluding carboxylic acids is 1. The van der Waals surface area contributed by atoms with Gasteiger partial charge >= 0.3 is 0 Å². The van der Waals surface area contributed by atoms with E-state index >= 15 is 0 Å². The topological polar surface area (TPSA) is 59.2 Å². The molecule has 4 nitrogen and oxygen atoms in total. The molecule has 1 atom stereocenters. The van der Waals surface area contributed by atoms with Gasteiger partial charge in [-0.25, -0.2) is 0 Å². The SMILES string of the molecule is NC(=O)c1cc2c(CC3CCCN3C3CCC3)cccc2cn1. The van der Waals surface area contributed by atoms with Crippen molar-refractivity contribution in [2.75, 3.05) is 6.54 Å². The van der Waals surface area contributed by atoms with Crippen LogP contribution in [0.1, 0.15) is 48.2 Å². The third-order valence-electron chi connectivity index (χ3n) is 5.53. The molecule has 0 radical (unpaired) electrons. The van der Waals surface area contributed by atoms with Crippen molar-refractivity contribution in [1.82, 2.24) is 9.88 Å². The summed E-state index contributed by atoms with van der Waals surface area (Å²) in [5.74, 6) is -0.460. The molecule has 0 spiro atoms. The van der Waals surface area contributed by atoms with Gasteiger partial charge in [0.2, 0.25) is 0 Å². The number of hydrogen-bond acceptors (Lipinski definition) is 3. The van der Waals surface area contributed by atoms with Gasteiger partial charge in [-0.1, -0.05) is 24.6 Å². The van der Waals surface area contributed by atoms with Gasteiger partial charge in [-0.3, -0.25) is 14.7 Å². The van der Waals surface area contributed by atoms with Crippen LogP contribution in [0.2, 0.25) is 0 Å². The fraction of sp³-hybridized carbons (Fsp3) is 0.474. The van der Waals surface area contributed by atoms with Crippen LogP contribution in [0.25, 0.3) is 10.8 Å². The number of amides is 1. The van der Waals surface area contributed by atoms with Crippen LogP contribution in [0.3, 0.4) is 0 Å². The van der Waals surface area contributed by atoms with Crippen molar-refractivity contribution in [1.29, 1.82) is 0 Å². The van der Waals surface area contributed by atoms with Crippen LogP contribution < -0.4 is 5.73 Å². The quantitative estimate of drug-likeness (QED) is 0.944. The number of aromatic nitrogens is 1. The second-order valence-electron chi connectivity index (χ2n) is 6.89. The van der Waals surface area contributed by atoms with Crippen molar-refractivity contribution in [3.05, 3.63) is 41.7 Å². The summed E-state index contributed by atoms with van der Waals surface area (Å²) in [5.41, 5.74) is 7.06. The monoisotopic (exact) mass is 309 g/mol. The predicted molar refractivity (Wildman–Crippen MR) is 91.3 cm³/mol. The summed E-state index contributed by atoms with van der Waals surface area (Å²) < 4.78 is 0. The molecule has 1 unspecified atom stereocenters. The predicted octanol–water partition coefficient (Wildman–Crippen LogP) is 2.89. The van der Waals surface area contributed by atoms with Gasteiger partial charge in [0.25, 0.3) is 5.91 Å². The zero-order chi connectivity index (χ0) is 15.8. The number of rotatable bonds is 4. The summed E-state index contributed by atoms with van der Waals surface area (Å²) in [5, 5.41) is 2.21. The molecule has 1 aromatic carbocycles. The van der Waals surface area contributed by atoms with Crippen LogP contribution in [0, 0.1) is 0 Å². The highest BCUT2D eigenvalue weighted by atomic mass is 16.1. The summed E-state index contributed by atoms with van der Waals surface area (Å²) in [6.07, 6.45) is 9.51. The number of carbonyl (C=O) groups is 1. The molecule has 1 saturated heterocycles. The van der Waals surface area contributed by atoms with Gasteiger partial charge < -0.3 is 5.73 Å². The maximum Gasteiger partial charge on any atom is 0.267 e. The molecule has 1 amide bonds. The van der Waals surface area contributed by atoms with Gasteiger partial charge in [-0.2, -0.15) is 0 Å². The Morgan fingerprint density at radius 3 is 2.87 bits per heavy atom. The molecule has 2 aliphatic rings. The number of nitrogens with zero attached hydrogens (tertiary/aromatic N) is 2. The van der Waals surface area contributed by atoms with Gasteiger partial charge in [0.1, 0.15) is 5.69 Å². The minimum absolute atomic E-state index is 0.354. The largest absolute Gasteiger partial charge is 0.364 e. The Bertz CT molecular complexity index is 738. The van der Waals surface area contributed by atoms with Gasteiger partial charge in [-0.15, -0.1) is 0 Å². The van der Waals surface area contributed by atoms with Gasteiger partial charge in [0.05, 0.1) is 0 Å². The van der Waals surface area contributed by atoms with E-state index in [4.69, 9.17) is 5.73 Å². The summed E-state index contributed by atoms with van der Waals surface area (Å²) in [4.78, 5) is 18.3. The Morgan fingerprint density at radius 1 is 1.26 bits per heavy atom. The van der Waals surface area contributed by atoms with Gasteiger partial charge in [0, 0.05) is 23.7 Å². The molecule has 0 bridgehead atoms. The number of primary amides is 1. The lowest BCUT2D eigenvalue weighted by Crippen LogP contribution is -2.43. The Morgan fingerprint density at radius 2 is 2.13 bits per heavy atom. The first kappa shape index (κ1) is 14.6. The fourth-order valence-corrected chi connectivity index (χ4v) is 4.08. The minimum atomic E-state index is -0.460. The summed E-state index contributed by atoms with van der Waals surface area (Å²) in [6.45, 7) is 1.24. The summed E-state index contributed by atoms with van der Waals surface area (Å²) >= 11 is 0. The van der Waals surface area contributed by atoms with Gasteiger partial charge in [0.15, 0.2) is 0 Å². The van der Waals surface area contributed by atoms with Crippen LogP contribution >= 0.6 is 0 Å². The molecular formula is C19H23N3O. The molecule has 1 saturated carbocycles. The van der Waals surface area contributed by atoms with Crippen molar-refractivity contribution in [2.45, 2.75) is 50.6 Å². The zero-order valence-electron chi connectivity index (χ0n) is 13.4. The van der Waals surface area contributed by atoms with Crippen LogP contribution in [-0.4, -0.2) is 34.4 Å². The molecule has 2 N–H and O–H groups in total. The van der Waals surface area contributed by atoms with Gasteiger partial charge in [-0.05, 0) is 55.7 Å². The Balaban J connectivity index is 1.65. The van der Waals surface area contributed by atoms with E-state index in [9.17, 15) is 4.79 Å². The number of nitrogens with two attached hydrogens (primary N) is 1. The highest BCUT2D eigenvalue weighted by Gasteiger charge is 2.33. The van der Waals surface area contributed by atoms with Crippen LogP contribution in [0.15, 0.2) is 30.5 Å². The van der Waals surface area contributed by atoms with Crippen LogP contribution in [0.5, 0.6) is 0 Å². The molecule has 23 heavy (non-hydrogen) atoms. The standard InChI is InChI=1S/C19H23N3O/c20-19(23)18-11-17-13(4-1-5-14(17)12-21-18)10-16-8-3-9-22(16)15-6-2-7-15/h1,4-5,11-12,15-16H,2-3,6-10H2,(H2,20,23). The van der Waals surface area contributed by atoms with Crippen molar-refractivity contribution in [2.24, 2.45) is 5.73 Å². The molecule has 120 valence electrons. The van der Waals surface area contributed by atoms with E-state index in [2.05, 4.69) is 28.1 Å². The lowest BCUT2D eigenvalue weighted by molar-refractivity contribution is 0.0996. The average molecular weight is 309 g/mol. The minimum Gasteiger partial charge on any atom is -0.364 e. The van der Waals surface area contributed by atoms with E-state index in [1.807, 2.05) is 6.07 Å². The van der Waals surface area contributed by atoms with E-state index in [1.165, 1.54) is 44.2 Å². The first-order valence-corrected chi connectivity index (χ1v) is 8.65. The highest BCUT2D eigenvalue weighted by molar-refractivity contribution is 5.96. The van der Waals surface area contributed by atoms with E-state index < -0.39 is 5.91 Å². The molecule has 4 heteroatoms. The lowest BCUT2D eigenvalue weighted by Gasteiger charge is -2.39. The normalized spacial score (nSPS) is 22.3. The summed E-state index contributed by atoms with van der Waals surface area (Å²) in [7, 11) is 0. The second-order valence-corrected chi connectivity index (χ2v) is 6.89. The fourth-order valence-electron chi connectivity index (χ4n) is 4.08. The van der Waals surface area contributed by atoms with E-state index in [0.717, 1.165) is 23.2 Å². The lowest BCUT2D eigenvalue weighted by atomic mass is 9.89. The van der Waals surface area contributed by atoms with Crippen molar-refractivity contribution in [3.8, 4) is 0 Å². The van der Waals surface area contributed by atoms with E-state index in [-0.39, 0.29) is 0 Å². The summed E-state index contributed by atoms with van der Waals surface area (Å²) in [6, 6.07) is 9.62. The average Bonchev–Trinajstić information content (AvgIpc) is 2.93. The Kier molecular flexibility index (Phi) is 3.77. The maximum absolute atomic E-state index is 11.4. The third-order valence-corrected chi connectivity index (χ3v) is 5.53. The number of benzene rings is 1. The van der Waals surface area contributed by atoms with Crippen LogP contribution in [-0.2, 0) is 6.42 Å². The Hall–Kier alpha value is -1.94. The molecule has 1 aromatic heterocycles. The molecular weight excluding hydrogens is 286 g/mol. The number of fused-ring (bicyclic) bond motifs is 1. The second kappa shape index (κ2) is 5.93. The Labute approximate surface area is 136 Å². The first-order valence-electron chi connectivity index (χ1n) is 8.65. The van der Waals surface area contributed by atoms with Crippen molar-refractivity contribution in [3.63, 3.8) is 0 Å². The molecule has 2 heterocycles. The number of pyridine rings is 1. The van der Waals surface area contributed by atoms with E-state index in [1.54, 1.807) is 6.20 Å². The molecule has 2 aromatic rings. The first-order chi connectivity index (χ1) is 11.2. The maximum atomic E-state index is 11.4. The zero-order valence-corrected chi connectivity index (χ0v) is 13.4. The van der Waals surface area contributed by atoms with Crippen LogP contribution in [0.4, 0.5) is 0 Å². The molecule has 4 rings (SSSR count). The molecule has 2 fully saturated rings. The highest BCUT2D eigenvalue weighted by Crippen LogP contribution is 2.33. The number of likely N-dealkylation sites (tertiary alicyclic amines) is 1. The number of hydrogen-bond donors (Lipinski definition) is 1. The molecule has 1 aliphatic carbocycles. The molecule has 1 aliphatic heterocycles. The van der Waals surface area contributed by atoms with Crippen molar-refractivity contribution >= 4 is 16.7 Å². The smallest absolute Gasteiger partial charge is 0.267 e. The van der Waals surface area contributed by atoms with E-state index in [0.29, 0.717) is 11.7 Å². The third kappa shape index (κ3) is 2.72.